The van der Waals surface area contributed by atoms with Crippen molar-refractivity contribution in [3.05, 3.63) is 35.4 Å². The van der Waals surface area contributed by atoms with Gasteiger partial charge in [-0.05, 0) is 38.1 Å². The molecule has 1 aliphatic heterocycles. The summed E-state index contributed by atoms with van der Waals surface area (Å²) >= 11 is 5.98. The van der Waals surface area contributed by atoms with Crippen molar-refractivity contribution in [2.24, 2.45) is 5.73 Å². The third-order valence-electron chi connectivity index (χ3n) is 4.14. The highest BCUT2D eigenvalue weighted by Crippen LogP contribution is 2.39. The number of nitrogens with two attached hydrogens (primary N) is 1. The van der Waals surface area contributed by atoms with Crippen LogP contribution in [0.1, 0.15) is 13.8 Å². The van der Waals surface area contributed by atoms with Gasteiger partial charge in [0.05, 0.1) is 10.4 Å². The Morgan fingerprint density at radius 2 is 2.16 bits per heavy atom. The van der Waals surface area contributed by atoms with E-state index in [-0.39, 0.29) is 15.6 Å². The number of nitrogens with zero attached hydrogens (tertiary/aromatic N) is 2. The Morgan fingerprint density at radius 1 is 1.44 bits per heavy atom. The quantitative estimate of drug-likeness (QED) is 0.751. The van der Waals surface area contributed by atoms with Crippen LogP contribution < -0.4 is 16.4 Å². The molecule has 2 heterocycles. The molecule has 1 atom stereocenters. The van der Waals surface area contributed by atoms with Crippen LogP contribution in [0.2, 0.25) is 5.02 Å². The van der Waals surface area contributed by atoms with Gasteiger partial charge in [0.1, 0.15) is 0 Å². The fraction of sp³-hybridized carbons (Fsp3) is 0.312. The third-order valence-corrected chi connectivity index (χ3v) is 6.18. The third kappa shape index (κ3) is 2.90. The molecule has 0 aliphatic carbocycles. The van der Waals surface area contributed by atoms with Crippen LogP contribution in [0.15, 0.2) is 40.1 Å². The first kappa shape index (κ1) is 17.8. The summed E-state index contributed by atoms with van der Waals surface area (Å²) in [5.41, 5.74) is 6.10. The van der Waals surface area contributed by atoms with E-state index in [1.807, 2.05) is 19.9 Å². The summed E-state index contributed by atoms with van der Waals surface area (Å²) in [6.07, 6.45) is 1.93. The number of anilines is 2. The maximum absolute atomic E-state index is 13.3. The minimum atomic E-state index is -3.85. The van der Waals surface area contributed by atoms with Gasteiger partial charge in [-0.3, -0.25) is 0 Å². The molecule has 0 spiro atoms. The van der Waals surface area contributed by atoms with Crippen molar-refractivity contribution in [2.45, 2.75) is 29.2 Å². The Hall–Kier alpha value is -2.03. The predicted molar refractivity (Wildman–Crippen MR) is 99.7 cm³/mol. The number of nitrogens with one attached hydrogen (secondary N) is 2. The van der Waals surface area contributed by atoms with Gasteiger partial charge in [-0.1, -0.05) is 17.7 Å². The lowest BCUT2D eigenvalue weighted by molar-refractivity contribution is 0.593. The van der Waals surface area contributed by atoms with Gasteiger partial charge in [0, 0.05) is 24.3 Å². The van der Waals surface area contributed by atoms with Crippen LogP contribution in [0.4, 0.5) is 11.6 Å². The molecular weight excluding hydrogens is 362 g/mol. The predicted octanol–water partition coefficient (Wildman–Crippen LogP) is 2.41. The van der Waals surface area contributed by atoms with Gasteiger partial charge in [-0.2, -0.15) is 0 Å². The van der Waals surface area contributed by atoms with E-state index in [1.165, 1.54) is 12.1 Å². The fourth-order valence-electron chi connectivity index (χ4n) is 2.88. The number of rotatable bonds is 4. The first-order valence-corrected chi connectivity index (χ1v) is 9.57. The van der Waals surface area contributed by atoms with Gasteiger partial charge >= 0.3 is 0 Å². The van der Waals surface area contributed by atoms with Crippen molar-refractivity contribution in [2.75, 3.05) is 24.2 Å². The van der Waals surface area contributed by atoms with E-state index in [4.69, 9.17) is 17.3 Å². The molecule has 0 radical (unpaired) electrons. The summed E-state index contributed by atoms with van der Waals surface area (Å²) in [7, 11) is -2.21. The molecule has 2 aromatic rings. The lowest BCUT2D eigenvalue weighted by Gasteiger charge is -2.32. The zero-order valence-electron chi connectivity index (χ0n) is 14.2. The van der Waals surface area contributed by atoms with Gasteiger partial charge in [0.2, 0.25) is 9.84 Å². The molecule has 1 unspecified atom stereocenters. The average molecular weight is 382 g/mol. The van der Waals surface area contributed by atoms with Gasteiger partial charge in [-0.15, -0.1) is 5.10 Å². The van der Waals surface area contributed by atoms with E-state index in [1.54, 1.807) is 23.9 Å². The summed E-state index contributed by atoms with van der Waals surface area (Å²) in [4.78, 5) is 0.181. The monoisotopic (exact) mass is 381 g/mol. The summed E-state index contributed by atoms with van der Waals surface area (Å²) in [5, 5.41) is 10.8. The molecule has 25 heavy (non-hydrogen) atoms. The average Bonchev–Trinajstić information content (AvgIpc) is 2.94. The molecule has 0 saturated heterocycles. The van der Waals surface area contributed by atoms with Gasteiger partial charge in [-0.25, -0.2) is 13.1 Å². The zero-order valence-corrected chi connectivity index (χ0v) is 15.7. The highest BCUT2D eigenvalue weighted by molar-refractivity contribution is 7.91. The van der Waals surface area contributed by atoms with Gasteiger partial charge in [0.25, 0.3) is 0 Å². The molecule has 7 nitrogen and oxygen atoms in total. The molecule has 0 bridgehead atoms. The van der Waals surface area contributed by atoms with Crippen molar-refractivity contribution in [3.63, 3.8) is 0 Å². The Labute approximate surface area is 151 Å². The van der Waals surface area contributed by atoms with E-state index in [0.717, 1.165) is 5.70 Å². The lowest BCUT2D eigenvalue weighted by atomic mass is 10.00. The number of aromatic nitrogens is 2. The topological polar surface area (TPSA) is 102 Å². The van der Waals surface area contributed by atoms with E-state index in [9.17, 15) is 8.42 Å². The van der Waals surface area contributed by atoms with Crippen molar-refractivity contribution >= 4 is 38.8 Å². The summed E-state index contributed by atoms with van der Waals surface area (Å²) in [5.74, 6) is 0.647. The van der Waals surface area contributed by atoms with Crippen molar-refractivity contribution < 1.29 is 8.42 Å². The van der Waals surface area contributed by atoms with Gasteiger partial charge < -0.3 is 16.4 Å². The largest absolute Gasteiger partial charge is 0.370 e. The minimum Gasteiger partial charge on any atom is -0.370 e. The Morgan fingerprint density at radius 3 is 2.76 bits per heavy atom. The van der Waals surface area contributed by atoms with Crippen LogP contribution in [0.5, 0.6) is 0 Å². The van der Waals surface area contributed by atoms with Crippen molar-refractivity contribution in [1.29, 1.82) is 0 Å². The second kappa shape index (κ2) is 6.05. The minimum absolute atomic E-state index is 0.0735. The molecule has 0 amide bonds. The summed E-state index contributed by atoms with van der Waals surface area (Å²) in [6, 6.07) is 6.17. The maximum Gasteiger partial charge on any atom is 0.214 e. The lowest BCUT2D eigenvalue weighted by Crippen LogP contribution is -2.44. The Kier molecular flexibility index (Phi) is 4.30. The number of hydrogen-bond acceptors (Lipinski definition) is 6. The van der Waals surface area contributed by atoms with Crippen LogP contribution >= 0.6 is 11.6 Å². The normalized spacial score (nSPS) is 19.8. The molecular formula is C16H20ClN5O2S. The summed E-state index contributed by atoms with van der Waals surface area (Å²) < 4.78 is 28.1. The number of halogens is 1. The molecule has 0 fully saturated rings. The van der Waals surface area contributed by atoms with Crippen LogP contribution in [-0.2, 0) is 9.84 Å². The molecule has 134 valence electrons. The molecule has 3 rings (SSSR count). The molecule has 1 aliphatic rings. The van der Waals surface area contributed by atoms with Crippen molar-refractivity contribution in [1.82, 2.24) is 9.78 Å². The first-order valence-electron chi connectivity index (χ1n) is 7.71. The van der Waals surface area contributed by atoms with E-state index < -0.39 is 15.4 Å². The molecule has 1 aromatic carbocycles. The van der Waals surface area contributed by atoms with Crippen LogP contribution in [0.3, 0.4) is 0 Å². The smallest absolute Gasteiger partial charge is 0.214 e. The summed E-state index contributed by atoms with van der Waals surface area (Å²) in [6.45, 7) is 4.07. The van der Waals surface area contributed by atoms with E-state index >= 15 is 0 Å². The standard InChI is InChI=1S/C16H20ClN5O2S/c1-10-8-16(2,9-18)20-15-13(14(19-3)21-22(10)15)25(23,24)12-6-4-5-11(17)7-12/h4-8,20H,9,18H2,1-3H3,(H,19,21). The number of allylic oxidation sites excluding steroid dienone is 1. The van der Waals surface area contributed by atoms with E-state index in [0.29, 0.717) is 17.4 Å². The highest BCUT2D eigenvalue weighted by atomic mass is 35.5. The van der Waals surface area contributed by atoms with Crippen molar-refractivity contribution in [3.8, 4) is 0 Å². The van der Waals surface area contributed by atoms with E-state index in [2.05, 4.69) is 15.7 Å². The number of fused-ring (bicyclic) bond motifs is 1. The van der Waals surface area contributed by atoms with Crippen LogP contribution in [0, 0.1) is 0 Å². The molecule has 0 saturated carbocycles. The molecule has 1 aromatic heterocycles. The highest BCUT2D eigenvalue weighted by Gasteiger charge is 2.36. The Balaban J connectivity index is 2.27. The SMILES string of the molecule is CNc1nn2c(c1S(=O)(=O)c1cccc(Cl)c1)NC(C)(CN)C=C2C. The molecule has 9 heteroatoms. The first-order chi connectivity index (χ1) is 11.7. The van der Waals surface area contributed by atoms with Crippen LogP contribution in [0.25, 0.3) is 5.70 Å². The molecule has 4 N–H and O–H groups in total. The number of hydrogen-bond donors (Lipinski definition) is 3. The number of benzene rings is 1. The second-order valence-electron chi connectivity index (χ2n) is 6.18. The number of sulfone groups is 1. The second-order valence-corrected chi connectivity index (χ2v) is 8.50. The zero-order chi connectivity index (χ0) is 18.4. The maximum atomic E-state index is 13.3. The Bertz CT molecular complexity index is 967. The van der Waals surface area contributed by atoms with Gasteiger partial charge in [0.15, 0.2) is 16.5 Å². The fourth-order valence-corrected chi connectivity index (χ4v) is 4.70. The van der Waals surface area contributed by atoms with Crippen LogP contribution in [-0.4, -0.2) is 37.3 Å².